The highest BCUT2D eigenvalue weighted by atomic mass is 32.2. The Bertz CT molecular complexity index is 1300. The van der Waals surface area contributed by atoms with Crippen LogP contribution in [0, 0.1) is 11.7 Å². The molecule has 2 heterocycles. The van der Waals surface area contributed by atoms with Crippen molar-refractivity contribution in [2.75, 3.05) is 26.0 Å². The van der Waals surface area contributed by atoms with Crippen LogP contribution in [0.15, 0.2) is 67.0 Å². The Labute approximate surface area is 210 Å². The SMILES string of the molecule is CS(=O)(=O)NC(=O)c1cc(C2CC2)c(OCC2CN([C@H](c3ccccc3)c3cccnc3)C2)cc1F. The van der Waals surface area contributed by atoms with Gasteiger partial charge >= 0.3 is 0 Å². The normalized spacial score (nSPS) is 17.3. The van der Waals surface area contributed by atoms with Gasteiger partial charge in [0.2, 0.25) is 10.0 Å². The Hall–Kier alpha value is -3.30. The first-order valence-corrected chi connectivity index (χ1v) is 13.8. The van der Waals surface area contributed by atoms with Gasteiger partial charge in [-0.2, -0.15) is 0 Å². The monoisotopic (exact) mass is 509 g/mol. The number of carbonyl (C=O) groups is 1. The first-order chi connectivity index (χ1) is 17.3. The topological polar surface area (TPSA) is 88.6 Å². The Morgan fingerprint density at radius 2 is 1.86 bits per heavy atom. The second-order valence-electron chi connectivity index (χ2n) is 9.58. The largest absolute Gasteiger partial charge is 0.493 e. The van der Waals surface area contributed by atoms with Gasteiger partial charge < -0.3 is 4.74 Å². The lowest BCUT2D eigenvalue weighted by Gasteiger charge is -2.44. The summed E-state index contributed by atoms with van der Waals surface area (Å²) in [5.41, 5.74) is 2.80. The molecule has 1 N–H and O–H groups in total. The van der Waals surface area contributed by atoms with Crippen LogP contribution in [0.25, 0.3) is 0 Å². The van der Waals surface area contributed by atoms with Gasteiger partial charge in [0.1, 0.15) is 11.6 Å². The summed E-state index contributed by atoms with van der Waals surface area (Å²) in [6.07, 6.45) is 6.38. The van der Waals surface area contributed by atoms with E-state index in [4.69, 9.17) is 4.74 Å². The molecule has 0 spiro atoms. The van der Waals surface area contributed by atoms with E-state index in [1.54, 1.807) is 6.20 Å². The predicted octanol–water partition coefficient (Wildman–Crippen LogP) is 3.89. The van der Waals surface area contributed by atoms with Crippen molar-refractivity contribution in [1.29, 1.82) is 0 Å². The van der Waals surface area contributed by atoms with E-state index >= 15 is 0 Å². The maximum absolute atomic E-state index is 14.8. The van der Waals surface area contributed by atoms with Crippen LogP contribution in [0.5, 0.6) is 5.75 Å². The summed E-state index contributed by atoms with van der Waals surface area (Å²) in [6.45, 7) is 2.08. The Morgan fingerprint density at radius 3 is 2.50 bits per heavy atom. The van der Waals surface area contributed by atoms with Crippen LogP contribution in [0.1, 0.15) is 51.8 Å². The first-order valence-electron chi connectivity index (χ1n) is 12.0. The number of halogens is 1. The Morgan fingerprint density at radius 1 is 1.14 bits per heavy atom. The van der Waals surface area contributed by atoms with Gasteiger partial charge in [-0.05, 0) is 47.6 Å². The highest BCUT2D eigenvalue weighted by Gasteiger charge is 2.35. The molecule has 1 atom stereocenters. The van der Waals surface area contributed by atoms with Gasteiger partial charge in [-0.3, -0.25) is 14.7 Å². The Balaban J connectivity index is 1.27. The molecule has 1 saturated heterocycles. The number of pyridine rings is 1. The molecule has 3 aromatic rings. The minimum atomic E-state index is -3.79. The van der Waals surface area contributed by atoms with Gasteiger partial charge in [0.15, 0.2) is 0 Å². The van der Waals surface area contributed by atoms with Gasteiger partial charge in [-0.25, -0.2) is 17.5 Å². The molecule has 1 aliphatic carbocycles. The number of nitrogens with zero attached hydrogens (tertiary/aromatic N) is 2. The number of amides is 1. The quantitative estimate of drug-likeness (QED) is 0.471. The number of nitrogens with one attached hydrogen (secondary N) is 1. The predicted molar refractivity (Wildman–Crippen MR) is 134 cm³/mol. The third-order valence-corrected chi connectivity index (χ3v) is 7.14. The number of benzene rings is 2. The summed E-state index contributed by atoms with van der Waals surface area (Å²) in [4.78, 5) is 18.9. The van der Waals surface area contributed by atoms with Gasteiger partial charge in [0.05, 0.1) is 24.5 Å². The molecule has 2 fully saturated rings. The van der Waals surface area contributed by atoms with Crippen molar-refractivity contribution >= 4 is 15.9 Å². The van der Waals surface area contributed by atoms with Crippen LogP contribution >= 0.6 is 0 Å². The van der Waals surface area contributed by atoms with E-state index in [2.05, 4.69) is 28.1 Å². The number of likely N-dealkylation sites (tertiary alicyclic amines) is 1. The number of carbonyl (C=O) groups excluding carboxylic acids is 1. The number of rotatable bonds is 9. The summed E-state index contributed by atoms with van der Waals surface area (Å²) in [5, 5.41) is 0. The minimum absolute atomic E-state index is 0.100. The number of hydrogen-bond acceptors (Lipinski definition) is 6. The summed E-state index contributed by atoms with van der Waals surface area (Å²) in [6, 6.07) is 17.1. The lowest BCUT2D eigenvalue weighted by Crippen LogP contribution is -2.51. The second-order valence-corrected chi connectivity index (χ2v) is 11.3. The van der Waals surface area contributed by atoms with Gasteiger partial charge in [-0.15, -0.1) is 0 Å². The summed E-state index contributed by atoms with van der Waals surface area (Å²) >= 11 is 0. The molecule has 1 saturated carbocycles. The van der Waals surface area contributed by atoms with Crippen LogP contribution in [0.3, 0.4) is 0 Å². The molecule has 2 aromatic carbocycles. The number of hydrogen-bond donors (Lipinski definition) is 1. The molecule has 5 rings (SSSR count). The van der Waals surface area contributed by atoms with Crippen LogP contribution in [-0.4, -0.2) is 50.2 Å². The lowest BCUT2D eigenvalue weighted by atomic mass is 9.91. The lowest BCUT2D eigenvalue weighted by molar-refractivity contribution is 0.0374. The first kappa shape index (κ1) is 24.4. The standard InChI is InChI=1S/C27H28FN3O4S/c1-36(33,34)30-27(32)23-12-22(19-9-10-19)25(13-24(23)28)35-17-18-15-31(16-18)26(20-6-3-2-4-7-20)21-8-5-11-29-14-21/h2-8,11-14,18-19,26H,9-10,15-17H2,1H3,(H,30,32)/t26-/m1/s1. The number of aromatic nitrogens is 1. The summed E-state index contributed by atoms with van der Waals surface area (Å²) in [5.74, 6) is -0.879. The van der Waals surface area contributed by atoms with Crippen molar-refractivity contribution in [3.05, 3.63) is 95.1 Å². The van der Waals surface area contributed by atoms with Crippen molar-refractivity contribution < 1.29 is 22.3 Å². The number of ether oxygens (including phenoxy) is 1. The van der Waals surface area contributed by atoms with E-state index in [0.29, 0.717) is 12.4 Å². The van der Waals surface area contributed by atoms with E-state index < -0.39 is 21.7 Å². The molecule has 0 bridgehead atoms. The van der Waals surface area contributed by atoms with Crippen LogP contribution in [-0.2, 0) is 10.0 Å². The molecule has 1 amide bonds. The van der Waals surface area contributed by atoms with E-state index in [-0.39, 0.29) is 23.4 Å². The van der Waals surface area contributed by atoms with Crippen molar-refractivity contribution in [2.45, 2.75) is 24.8 Å². The zero-order valence-electron chi connectivity index (χ0n) is 19.9. The third kappa shape index (κ3) is 5.57. The van der Waals surface area contributed by atoms with Gasteiger partial charge in [0.25, 0.3) is 5.91 Å². The van der Waals surface area contributed by atoms with E-state index in [1.807, 2.05) is 35.2 Å². The molecular formula is C27H28FN3O4S. The van der Waals surface area contributed by atoms with E-state index in [9.17, 15) is 17.6 Å². The fraction of sp³-hybridized carbons (Fsp3) is 0.333. The molecule has 36 heavy (non-hydrogen) atoms. The van der Waals surface area contributed by atoms with Crippen molar-refractivity contribution in [1.82, 2.24) is 14.6 Å². The van der Waals surface area contributed by atoms with Gasteiger partial charge in [-0.1, -0.05) is 36.4 Å². The smallest absolute Gasteiger partial charge is 0.267 e. The molecule has 0 radical (unpaired) electrons. The van der Waals surface area contributed by atoms with Crippen molar-refractivity contribution in [3.8, 4) is 5.75 Å². The molecule has 1 aromatic heterocycles. The average molecular weight is 510 g/mol. The number of sulfonamides is 1. The summed E-state index contributed by atoms with van der Waals surface area (Å²) < 4.78 is 45.5. The second kappa shape index (κ2) is 9.99. The van der Waals surface area contributed by atoms with Crippen LogP contribution in [0.4, 0.5) is 4.39 Å². The average Bonchev–Trinajstić information content (AvgIpc) is 3.66. The maximum Gasteiger partial charge on any atom is 0.267 e. The highest BCUT2D eigenvalue weighted by molar-refractivity contribution is 7.89. The molecule has 188 valence electrons. The Kier molecular flexibility index (Phi) is 6.77. The summed E-state index contributed by atoms with van der Waals surface area (Å²) in [7, 11) is -3.79. The fourth-order valence-corrected chi connectivity index (χ4v) is 5.18. The van der Waals surface area contributed by atoms with E-state index in [1.165, 1.54) is 17.7 Å². The third-order valence-electron chi connectivity index (χ3n) is 6.58. The maximum atomic E-state index is 14.8. The molecule has 1 aliphatic heterocycles. The zero-order valence-corrected chi connectivity index (χ0v) is 20.7. The molecule has 2 aliphatic rings. The van der Waals surface area contributed by atoms with Crippen molar-refractivity contribution in [3.63, 3.8) is 0 Å². The van der Waals surface area contributed by atoms with Crippen molar-refractivity contribution in [2.24, 2.45) is 5.92 Å². The zero-order chi connectivity index (χ0) is 25.3. The molecule has 9 heteroatoms. The molecule has 7 nitrogen and oxygen atoms in total. The van der Waals surface area contributed by atoms with Crippen LogP contribution in [0.2, 0.25) is 0 Å². The van der Waals surface area contributed by atoms with Crippen LogP contribution < -0.4 is 9.46 Å². The van der Waals surface area contributed by atoms with Gasteiger partial charge in [0, 0.05) is 37.5 Å². The molecule has 0 unspecified atom stereocenters. The fourth-order valence-electron chi connectivity index (χ4n) is 4.73. The highest BCUT2D eigenvalue weighted by Crippen LogP contribution is 2.45. The molecular weight excluding hydrogens is 481 g/mol. The van der Waals surface area contributed by atoms with E-state index in [0.717, 1.165) is 43.3 Å². The minimum Gasteiger partial charge on any atom is -0.493 e.